The number of ether oxygens (including phenoxy) is 1. The zero-order valence-corrected chi connectivity index (χ0v) is 17.4. The molecule has 2 aliphatic rings. The zero-order valence-electron chi connectivity index (χ0n) is 17.4. The van der Waals surface area contributed by atoms with Gasteiger partial charge in [-0.25, -0.2) is 4.79 Å². The summed E-state index contributed by atoms with van der Waals surface area (Å²) in [6, 6.07) is 6.48. The second-order valence-electron chi connectivity index (χ2n) is 8.00. The van der Waals surface area contributed by atoms with E-state index in [1.807, 2.05) is 43.0 Å². The van der Waals surface area contributed by atoms with Gasteiger partial charge in [0.1, 0.15) is 6.07 Å². The van der Waals surface area contributed by atoms with E-state index >= 15 is 0 Å². The van der Waals surface area contributed by atoms with Crippen LogP contribution in [0.1, 0.15) is 30.9 Å². The molecular formula is C21H31N5O2. The Morgan fingerprint density at radius 1 is 1.29 bits per heavy atom. The molecule has 1 aromatic rings. The lowest BCUT2D eigenvalue weighted by Crippen LogP contribution is -2.58. The zero-order chi connectivity index (χ0) is 20.3. The predicted molar refractivity (Wildman–Crippen MR) is 111 cm³/mol. The molecule has 3 rings (SSSR count). The highest BCUT2D eigenvalue weighted by atomic mass is 16.5. The fourth-order valence-corrected chi connectivity index (χ4v) is 4.23. The van der Waals surface area contributed by atoms with Crippen LogP contribution in [0, 0.1) is 18.3 Å². The Hall–Kier alpha value is -2.30. The third-order valence-corrected chi connectivity index (χ3v) is 5.81. The summed E-state index contributed by atoms with van der Waals surface area (Å²) >= 11 is 0. The lowest BCUT2D eigenvalue weighted by atomic mass is 10.0. The molecule has 1 atom stereocenters. The minimum atomic E-state index is -0.132. The maximum absolute atomic E-state index is 12.9. The van der Waals surface area contributed by atoms with E-state index < -0.39 is 0 Å². The van der Waals surface area contributed by atoms with E-state index in [0.29, 0.717) is 23.8 Å². The van der Waals surface area contributed by atoms with Crippen molar-refractivity contribution in [2.75, 3.05) is 57.2 Å². The first kappa shape index (κ1) is 20.4. The van der Waals surface area contributed by atoms with Gasteiger partial charge < -0.3 is 19.9 Å². The second kappa shape index (κ2) is 8.80. The number of nitriles is 1. The molecule has 0 aliphatic carbocycles. The molecule has 152 valence electrons. The molecule has 0 spiro atoms. The molecule has 28 heavy (non-hydrogen) atoms. The topological polar surface area (TPSA) is 71.8 Å². The molecule has 0 saturated carbocycles. The highest BCUT2D eigenvalue weighted by molar-refractivity contribution is 5.92. The van der Waals surface area contributed by atoms with Crippen molar-refractivity contribution in [2.24, 2.45) is 0 Å². The van der Waals surface area contributed by atoms with E-state index in [4.69, 9.17) is 4.74 Å². The number of urea groups is 1. The predicted octanol–water partition coefficient (Wildman–Crippen LogP) is 2.65. The van der Waals surface area contributed by atoms with E-state index in [1.54, 1.807) is 0 Å². The number of carbonyl (C=O) groups excluding carboxylic acids is 1. The first-order valence-corrected chi connectivity index (χ1v) is 10.0. The van der Waals surface area contributed by atoms with Crippen molar-refractivity contribution in [1.82, 2.24) is 9.80 Å². The summed E-state index contributed by atoms with van der Waals surface area (Å²) in [6.45, 7) is 8.20. The molecule has 1 aromatic carbocycles. The van der Waals surface area contributed by atoms with Crippen LogP contribution in [0.25, 0.3) is 0 Å². The van der Waals surface area contributed by atoms with Crippen molar-refractivity contribution >= 4 is 17.4 Å². The number of anilines is 2. The number of carbonyl (C=O) groups is 1. The van der Waals surface area contributed by atoms with Crippen molar-refractivity contribution in [2.45, 2.75) is 38.8 Å². The summed E-state index contributed by atoms with van der Waals surface area (Å²) in [7, 11) is 3.89. The van der Waals surface area contributed by atoms with Crippen LogP contribution in [-0.2, 0) is 4.74 Å². The van der Waals surface area contributed by atoms with Gasteiger partial charge in [-0.1, -0.05) is 0 Å². The summed E-state index contributed by atoms with van der Waals surface area (Å²) < 4.78 is 5.47. The SMILES string of the molecule is Cc1cc(NC(=O)N2CCN(C3CCOCC3)C[C@H]2C)c(C#N)cc1N(C)C. The largest absolute Gasteiger partial charge is 0.381 e. The summed E-state index contributed by atoms with van der Waals surface area (Å²) in [6.07, 6.45) is 2.14. The molecule has 2 amide bonds. The van der Waals surface area contributed by atoms with Crippen molar-refractivity contribution < 1.29 is 9.53 Å². The fourth-order valence-electron chi connectivity index (χ4n) is 4.23. The van der Waals surface area contributed by atoms with Gasteiger partial charge >= 0.3 is 6.03 Å². The first-order chi connectivity index (χ1) is 13.4. The van der Waals surface area contributed by atoms with Crippen LogP contribution in [-0.4, -0.2) is 74.9 Å². The van der Waals surface area contributed by atoms with Crippen LogP contribution in [0.15, 0.2) is 12.1 Å². The highest BCUT2D eigenvalue weighted by Gasteiger charge is 2.32. The molecule has 7 nitrogen and oxygen atoms in total. The molecule has 0 radical (unpaired) electrons. The summed E-state index contributed by atoms with van der Waals surface area (Å²) in [5.74, 6) is 0. The molecule has 2 aliphatic heterocycles. The van der Waals surface area contributed by atoms with E-state index in [-0.39, 0.29) is 12.1 Å². The minimum absolute atomic E-state index is 0.129. The first-order valence-electron chi connectivity index (χ1n) is 10.0. The number of rotatable bonds is 3. The molecule has 7 heteroatoms. The lowest BCUT2D eigenvalue weighted by molar-refractivity contribution is 0.00816. The van der Waals surface area contributed by atoms with Crippen LogP contribution in [0.2, 0.25) is 0 Å². The number of nitrogens with one attached hydrogen (secondary N) is 1. The number of amides is 2. The van der Waals surface area contributed by atoms with Crippen LogP contribution >= 0.6 is 0 Å². The number of benzene rings is 1. The van der Waals surface area contributed by atoms with Gasteiger partial charge in [-0.3, -0.25) is 4.90 Å². The molecule has 2 heterocycles. The Morgan fingerprint density at radius 2 is 2.00 bits per heavy atom. The van der Waals surface area contributed by atoms with Gasteiger partial charge in [-0.15, -0.1) is 0 Å². The monoisotopic (exact) mass is 385 g/mol. The Morgan fingerprint density at radius 3 is 2.61 bits per heavy atom. The maximum Gasteiger partial charge on any atom is 0.322 e. The molecule has 2 fully saturated rings. The molecule has 0 bridgehead atoms. The van der Waals surface area contributed by atoms with Gasteiger partial charge in [0.05, 0.1) is 11.3 Å². The standard InChI is InChI=1S/C21H31N5O2/c1-15-11-19(17(13-22)12-20(15)24(3)4)23-21(27)26-8-7-25(14-16(26)2)18-5-9-28-10-6-18/h11-12,16,18H,5-10,14H2,1-4H3,(H,23,27)/t16-/m1/s1. The summed E-state index contributed by atoms with van der Waals surface area (Å²) in [4.78, 5) is 19.3. The van der Waals surface area contributed by atoms with Gasteiger partial charge in [0.2, 0.25) is 0 Å². The van der Waals surface area contributed by atoms with Gasteiger partial charge in [0, 0.05) is 64.7 Å². The quantitative estimate of drug-likeness (QED) is 0.866. The van der Waals surface area contributed by atoms with Crippen molar-refractivity contribution in [3.8, 4) is 6.07 Å². The van der Waals surface area contributed by atoms with E-state index in [1.165, 1.54) is 0 Å². The smallest absolute Gasteiger partial charge is 0.322 e. The lowest BCUT2D eigenvalue weighted by Gasteiger charge is -2.44. The second-order valence-corrected chi connectivity index (χ2v) is 8.00. The molecule has 2 saturated heterocycles. The van der Waals surface area contributed by atoms with Crippen molar-refractivity contribution in [3.63, 3.8) is 0 Å². The highest BCUT2D eigenvalue weighted by Crippen LogP contribution is 2.27. The molecule has 0 unspecified atom stereocenters. The number of hydrogen-bond donors (Lipinski definition) is 1. The third-order valence-electron chi connectivity index (χ3n) is 5.81. The maximum atomic E-state index is 12.9. The Labute approximate surface area is 167 Å². The van der Waals surface area contributed by atoms with Crippen LogP contribution in [0.3, 0.4) is 0 Å². The summed E-state index contributed by atoms with van der Waals surface area (Å²) in [5.41, 5.74) is 3.07. The average Bonchev–Trinajstić information content (AvgIpc) is 2.68. The summed E-state index contributed by atoms with van der Waals surface area (Å²) in [5, 5.41) is 12.5. The van der Waals surface area contributed by atoms with Crippen LogP contribution in [0.4, 0.5) is 16.2 Å². The Balaban J connectivity index is 1.67. The minimum Gasteiger partial charge on any atom is -0.381 e. The van der Waals surface area contributed by atoms with E-state index in [2.05, 4.69) is 23.2 Å². The fraction of sp³-hybridized carbons (Fsp3) is 0.619. The Kier molecular flexibility index (Phi) is 6.42. The van der Waals surface area contributed by atoms with Crippen LogP contribution in [0.5, 0.6) is 0 Å². The van der Waals surface area contributed by atoms with E-state index in [9.17, 15) is 10.1 Å². The molecule has 0 aromatic heterocycles. The van der Waals surface area contributed by atoms with Crippen molar-refractivity contribution in [1.29, 1.82) is 5.26 Å². The normalized spacial score (nSPS) is 21.2. The average molecular weight is 386 g/mol. The third kappa shape index (κ3) is 4.40. The number of piperazine rings is 1. The Bertz CT molecular complexity index is 752. The van der Waals surface area contributed by atoms with Crippen molar-refractivity contribution in [3.05, 3.63) is 23.3 Å². The molecular weight excluding hydrogens is 354 g/mol. The van der Waals surface area contributed by atoms with E-state index in [0.717, 1.165) is 50.4 Å². The van der Waals surface area contributed by atoms with Crippen LogP contribution < -0.4 is 10.2 Å². The number of aryl methyl sites for hydroxylation is 1. The van der Waals surface area contributed by atoms with Gasteiger partial charge in [0.25, 0.3) is 0 Å². The number of nitrogens with zero attached hydrogens (tertiary/aromatic N) is 4. The van der Waals surface area contributed by atoms with Gasteiger partial charge in [-0.05, 0) is 44.4 Å². The number of hydrogen-bond acceptors (Lipinski definition) is 5. The molecule has 1 N–H and O–H groups in total. The van der Waals surface area contributed by atoms with Gasteiger partial charge in [-0.2, -0.15) is 5.26 Å². The van der Waals surface area contributed by atoms with Gasteiger partial charge in [0.15, 0.2) is 0 Å².